The molecule has 0 spiro atoms. The van der Waals surface area contributed by atoms with Crippen LogP contribution >= 0.6 is 0 Å². The second-order valence-electron chi connectivity index (χ2n) is 4.70. The first-order valence-corrected chi connectivity index (χ1v) is 6.40. The smallest absolute Gasteiger partial charge is 0.320 e. The maximum absolute atomic E-state index is 12.2. The Hall–Kier alpha value is -1.30. The molecule has 0 aliphatic heterocycles. The van der Waals surface area contributed by atoms with Crippen molar-refractivity contribution in [3.8, 4) is 0 Å². The van der Waals surface area contributed by atoms with Crippen molar-refractivity contribution in [1.82, 2.24) is 9.80 Å². The Morgan fingerprint density at radius 3 is 2.39 bits per heavy atom. The Morgan fingerprint density at radius 2 is 1.94 bits per heavy atom. The molecule has 6 heteroatoms. The number of aliphatic hydroxyl groups excluding tert-OH is 1. The van der Waals surface area contributed by atoms with Crippen molar-refractivity contribution in [2.75, 3.05) is 26.7 Å². The summed E-state index contributed by atoms with van der Waals surface area (Å²) in [4.78, 5) is 25.9. The Kier molecular flexibility index (Phi) is 5.91. The molecule has 1 aliphatic rings. The first-order valence-electron chi connectivity index (χ1n) is 6.40. The van der Waals surface area contributed by atoms with Crippen LogP contribution in [0.25, 0.3) is 0 Å². The maximum Gasteiger partial charge on any atom is 0.320 e. The molecule has 1 aliphatic carbocycles. The molecule has 18 heavy (non-hydrogen) atoms. The van der Waals surface area contributed by atoms with Crippen molar-refractivity contribution in [3.63, 3.8) is 0 Å². The Morgan fingerprint density at radius 1 is 1.28 bits per heavy atom. The zero-order valence-corrected chi connectivity index (χ0v) is 10.8. The molecule has 0 heterocycles. The van der Waals surface area contributed by atoms with Crippen molar-refractivity contribution < 1.29 is 19.8 Å². The number of hydrogen-bond acceptors (Lipinski definition) is 3. The highest BCUT2D eigenvalue weighted by Gasteiger charge is 2.30. The van der Waals surface area contributed by atoms with Gasteiger partial charge in [0, 0.05) is 32.8 Å². The van der Waals surface area contributed by atoms with Gasteiger partial charge in [0.1, 0.15) is 0 Å². The van der Waals surface area contributed by atoms with Gasteiger partial charge >= 0.3 is 12.0 Å². The Balaban J connectivity index is 2.48. The van der Waals surface area contributed by atoms with E-state index in [9.17, 15) is 9.59 Å². The first kappa shape index (κ1) is 14.8. The van der Waals surface area contributed by atoms with Gasteiger partial charge in [0.2, 0.25) is 0 Å². The standard InChI is InChI=1S/C12H22N2O4/c1-13(8-6-11(16)17)12(18)14(7-3-9-15)10-4-2-5-10/h10,15H,2-9H2,1H3,(H,16,17). The summed E-state index contributed by atoms with van der Waals surface area (Å²) >= 11 is 0. The molecule has 104 valence electrons. The first-order chi connectivity index (χ1) is 8.56. The topological polar surface area (TPSA) is 81.1 Å². The summed E-state index contributed by atoms with van der Waals surface area (Å²) in [6, 6.07) is 0.130. The molecule has 0 bridgehead atoms. The van der Waals surface area contributed by atoms with Crippen molar-refractivity contribution in [3.05, 3.63) is 0 Å². The maximum atomic E-state index is 12.2. The van der Waals surface area contributed by atoms with Crippen LogP contribution in [0, 0.1) is 0 Å². The number of carboxylic acid groups (broad SMARTS) is 1. The Bertz CT molecular complexity index is 292. The highest BCUT2D eigenvalue weighted by Crippen LogP contribution is 2.25. The van der Waals surface area contributed by atoms with Crippen LogP contribution in [0.3, 0.4) is 0 Å². The van der Waals surface area contributed by atoms with Crippen molar-refractivity contribution in [2.24, 2.45) is 0 Å². The van der Waals surface area contributed by atoms with Gasteiger partial charge < -0.3 is 20.0 Å². The van der Waals surface area contributed by atoms with Gasteiger partial charge in [-0.05, 0) is 25.7 Å². The number of aliphatic carboxylic acids is 1. The van der Waals surface area contributed by atoms with E-state index < -0.39 is 5.97 Å². The molecular formula is C12H22N2O4. The SMILES string of the molecule is CN(CCC(=O)O)C(=O)N(CCCO)C1CCC1. The number of nitrogens with zero attached hydrogens (tertiary/aromatic N) is 2. The van der Waals surface area contributed by atoms with Crippen LogP contribution in [0.4, 0.5) is 4.79 Å². The lowest BCUT2D eigenvalue weighted by Gasteiger charge is -2.39. The fourth-order valence-electron chi connectivity index (χ4n) is 1.95. The van der Waals surface area contributed by atoms with Gasteiger partial charge in [-0.25, -0.2) is 4.79 Å². The number of aliphatic hydroxyl groups is 1. The van der Waals surface area contributed by atoms with E-state index in [-0.39, 0.29) is 31.6 Å². The fourth-order valence-corrected chi connectivity index (χ4v) is 1.95. The number of carbonyl (C=O) groups excluding carboxylic acids is 1. The van der Waals surface area contributed by atoms with Gasteiger partial charge in [0.25, 0.3) is 0 Å². The zero-order valence-electron chi connectivity index (χ0n) is 10.8. The third kappa shape index (κ3) is 4.18. The number of rotatable bonds is 7. The van der Waals surface area contributed by atoms with Crippen molar-refractivity contribution >= 4 is 12.0 Å². The molecular weight excluding hydrogens is 236 g/mol. The lowest BCUT2D eigenvalue weighted by molar-refractivity contribution is -0.137. The number of hydrogen-bond donors (Lipinski definition) is 2. The van der Waals surface area contributed by atoms with Gasteiger partial charge in [-0.1, -0.05) is 0 Å². The number of amides is 2. The van der Waals surface area contributed by atoms with E-state index in [1.54, 1.807) is 11.9 Å². The van der Waals surface area contributed by atoms with Gasteiger partial charge in [-0.3, -0.25) is 4.79 Å². The van der Waals surface area contributed by atoms with E-state index in [0.717, 1.165) is 19.3 Å². The number of urea groups is 1. The normalized spacial score (nSPS) is 15.0. The highest BCUT2D eigenvalue weighted by molar-refractivity contribution is 5.75. The molecule has 0 aromatic rings. The molecule has 0 aromatic carbocycles. The molecule has 0 saturated heterocycles. The summed E-state index contributed by atoms with van der Waals surface area (Å²) in [7, 11) is 1.62. The van der Waals surface area contributed by atoms with Crippen molar-refractivity contribution in [1.29, 1.82) is 0 Å². The van der Waals surface area contributed by atoms with Gasteiger partial charge in [0.15, 0.2) is 0 Å². The largest absolute Gasteiger partial charge is 0.481 e. The summed E-state index contributed by atoms with van der Waals surface area (Å²) in [6.07, 6.45) is 3.66. The van der Waals surface area contributed by atoms with E-state index in [1.165, 1.54) is 4.90 Å². The van der Waals surface area contributed by atoms with E-state index in [2.05, 4.69) is 0 Å². The quantitative estimate of drug-likeness (QED) is 0.706. The minimum absolute atomic E-state index is 0.0409. The second kappa shape index (κ2) is 7.20. The van der Waals surface area contributed by atoms with Gasteiger partial charge in [0.05, 0.1) is 6.42 Å². The molecule has 1 saturated carbocycles. The molecule has 0 atom stereocenters. The second-order valence-corrected chi connectivity index (χ2v) is 4.70. The van der Waals surface area contributed by atoms with E-state index >= 15 is 0 Å². The summed E-state index contributed by atoms with van der Waals surface area (Å²) in [5.41, 5.74) is 0. The molecule has 2 amide bonds. The number of carboxylic acids is 1. The number of carbonyl (C=O) groups is 2. The molecule has 0 unspecified atom stereocenters. The molecule has 1 rings (SSSR count). The molecule has 0 aromatic heterocycles. The third-order valence-electron chi connectivity index (χ3n) is 3.31. The fraction of sp³-hybridized carbons (Fsp3) is 0.833. The minimum Gasteiger partial charge on any atom is -0.481 e. The van der Waals surface area contributed by atoms with Gasteiger partial charge in [-0.2, -0.15) is 0 Å². The predicted molar refractivity (Wildman–Crippen MR) is 66.3 cm³/mol. The van der Waals surface area contributed by atoms with E-state index in [0.29, 0.717) is 13.0 Å². The average molecular weight is 258 g/mol. The molecule has 0 radical (unpaired) electrons. The average Bonchev–Trinajstić information content (AvgIpc) is 2.27. The van der Waals surface area contributed by atoms with E-state index in [4.69, 9.17) is 10.2 Å². The zero-order chi connectivity index (χ0) is 13.5. The summed E-state index contributed by atoms with van der Waals surface area (Å²) in [5.74, 6) is -0.903. The van der Waals surface area contributed by atoms with Crippen LogP contribution in [-0.2, 0) is 4.79 Å². The lowest BCUT2D eigenvalue weighted by atomic mass is 9.91. The lowest BCUT2D eigenvalue weighted by Crippen LogP contribution is -2.50. The summed E-state index contributed by atoms with van der Waals surface area (Å²) in [5, 5.41) is 17.5. The molecule has 1 fully saturated rings. The minimum atomic E-state index is -0.903. The van der Waals surface area contributed by atoms with Crippen LogP contribution in [0.2, 0.25) is 0 Å². The summed E-state index contributed by atoms with van der Waals surface area (Å²) in [6.45, 7) is 0.823. The van der Waals surface area contributed by atoms with Crippen LogP contribution in [0.1, 0.15) is 32.1 Å². The van der Waals surface area contributed by atoms with Crippen LogP contribution in [-0.4, -0.2) is 64.8 Å². The van der Waals surface area contributed by atoms with Crippen LogP contribution in [0.15, 0.2) is 0 Å². The summed E-state index contributed by atoms with van der Waals surface area (Å²) < 4.78 is 0. The molecule has 2 N–H and O–H groups in total. The third-order valence-corrected chi connectivity index (χ3v) is 3.31. The monoisotopic (exact) mass is 258 g/mol. The molecule has 6 nitrogen and oxygen atoms in total. The van der Waals surface area contributed by atoms with Crippen LogP contribution in [0.5, 0.6) is 0 Å². The Labute approximate surface area is 107 Å². The van der Waals surface area contributed by atoms with Gasteiger partial charge in [-0.15, -0.1) is 0 Å². The van der Waals surface area contributed by atoms with Crippen molar-refractivity contribution in [2.45, 2.75) is 38.1 Å². The van der Waals surface area contributed by atoms with Crippen LogP contribution < -0.4 is 0 Å². The highest BCUT2D eigenvalue weighted by atomic mass is 16.4. The van der Waals surface area contributed by atoms with E-state index in [1.807, 2.05) is 0 Å². The predicted octanol–water partition coefficient (Wildman–Crippen LogP) is 0.750.